The van der Waals surface area contributed by atoms with Crippen molar-refractivity contribution in [3.8, 4) is 0 Å². The lowest BCUT2D eigenvalue weighted by molar-refractivity contribution is -0.110. The second-order valence-electron chi connectivity index (χ2n) is 2.76. The number of ketones is 1. The van der Waals surface area contributed by atoms with Crippen LogP contribution < -0.4 is 0 Å². The SMILES string of the molecule is O=C([C]=S)CSc1nc2ccccc2s1. The maximum absolute atomic E-state index is 10.9. The molecule has 0 N–H and O–H groups in total. The van der Waals surface area contributed by atoms with Gasteiger partial charge in [0.05, 0.1) is 16.0 Å². The van der Waals surface area contributed by atoms with Gasteiger partial charge in [-0.2, -0.15) is 0 Å². The van der Waals surface area contributed by atoms with Gasteiger partial charge in [-0.3, -0.25) is 4.79 Å². The number of rotatable bonds is 4. The van der Waals surface area contributed by atoms with Crippen LogP contribution in [0.3, 0.4) is 0 Å². The van der Waals surface area contributed by atoms with E-state index in [-0.39, 0.29) is 5.78 Å². The Bertz CT molecular complexity index is 473. The lowest BCUT2D eigenvalue weighted by Gasteiger charge is -1.89. The Morgan fingerprint density at radius 2 is 2.33 bits per heavy atom. The van der Waals surface area contributed by atoms with Crippen molar-refractivity contribution in [2.24, 2.45) is 0 Å². The summed E-state index contributed by atoms with van der Waals surface area (Å²) < 4.78 is 2.04. The number of thioether (sulfide) groups is 1. The molecular formula is C10H6NOS3. The summed E-state index contributed by atoms with van der Waals surface area (Å²) in [5.41, 5.74) is 0.976. The smallest absolute Gasteiger partial charge is 0.185 e. The van der Waals surface area contributed by atoms with Crippen LogP contribution in [-0.2, 0) is 4.79 Å². The van der Waals surface area contributed by atoms with Gasteiger partial charge in [-0.1, -0.05) is 36.1 Å². The van der Waals surface area contributed by atoms with E-state index < -0.39 is 0 Å². The van der Waals surface area contributed by atoms with Crippen LogP contribution in [-0.4, -0.2) is 21.9 Å². The summed E-state index contributed by atoms with van der Waals surface area (Å²) in [5.74, 6) is 0.165. The van der Waals surface area contributed by atoms with Gasteiger partial charge in [-0.05, 0) is 12.1 Å². The van der Waals surface area contributed by atoms with E-state index >= 15 is 0 Å². The molecule has 0 aliphatic carbocycles. The Hall–Kier alpha value is -0.780. The number of carbonyl (C=O) groups is 1. The summed E-state index contributed by atoms with van der Waals surface area (Å²) in [5, 5.41) is 2.17. The van der Waals surface area contributed by atoms with E-state index in [2.05, 4.69) is 22.6 Å². The fourth-order valence-electron chi connectivity index (χ4n) is 1.07. The highest BCUT2D eigenvalue weighted by atomic mass is 32.2. The molecule has 0 unspecified atom stereocenters. The van der Waals surface area contributed by atoms with Crippen molar-refractivity contribution in [1.82, 2.24) is 4.98 Å². The number of Topliss-reactive ketones (excluding diaryl/α,β-unsaturated/α-hetero) is 1. The molecule has 0 aliphatic heterocycles. The van der Waals surface area contributed by atoms with E-state index in [0.717, 1.165) is 14.6 Å². The standard InChI is InChI=1S/C10H6NOS3/c12-7(5-13)6-14-10-11-8-3-1-2-4-9(8)15-10/h1-4H,6H2. The summed E-state index contributed by atoms with van der Waals surface area (Å²) >= 11 is 7.42. The molecule has 15 heavy (non-hydrogen) atoms. The van der Waals surface area contributed by atoms with E-state index in [1.54, 1.807) is 11.3 Å². The van der Waals surface area contributed by atoms with E-state index in [1.165, 1.54) is 11.8 Å². The molecule has 0 spiro atoms. The Labute approximate surface area is 101 Å². The van der Waals surface area contributed by atoms with Gasteiger partial charge >= 0.3 is 0 Å². The van der Waals surface area contributed by atoms with Crippen molar-refractivity contribution in [2.75, 3.05) is 5.75 Å². The summed E-state index contributed by atoms with van der Waals surface area (Å²) in [6.45, 7) is 0. The molecule has 1 aromatic carbocycles. The number of fused-ring (bicyclic) bond motifs is 1. The largest absolute Gasteiger partial charge is 0.292 e. The summed E-state index contributed by atoms with van der Waals surface area (Å²) in [7, 11) is 0. The maximum atomic E-state index is 10.9. The zero-order valence-electron chi connectivity index (χ0n) is 7.60. The zero-order valence-corrected chi connectivity index (χ0v) is 10.0. The fraction of sp³-hybridized carbons (Fsp3) is 0.100. The molecule has 2 nitrogen and oxygen atoms in total. The minimum absolute atomic E-state index is 0.158. The van der Waals surface area contributed by atoms with E-state index in [0.29, 0.717) is 5.75 Å². The number of hydrogen-bond donors (Lipinski definition) is 0. The summed E-state index contributed by atoms with van der Waals surface area (Å²) in [4.78, 5) is 15.3. The van der Waals surface area contributed by atoms with E-state index in [9.17, 15) is 4.79 Å². The molecule has 2 rings (SSSR count). The predicted molar refractivity (Wildman–Crippen MR) is 67.9 cm³/mol. The van der Waals surface area contributed by atoms with Gasteiger partial charge in [-0.25, -0.2) is 4.98 Å². The van der Waals surface area contributed by atoms with Crippen molar-refractivity contribution in [1.29, 1.82) is 0 Å². The predicted octanol–water partition coefficient (Wildman–Crippen LogP) is 2.83. The summed E-state index contributed by atoms with van der Waals surface area (Å²) in [6, 6.07) is 7.91. The van der Waals surface area contributed by atoms with Crippen molar-refractivity contribution in [2.45, 2.75) is 4.34 Å². The molecule has 5 heteroatoms. The first-order valence-electron chi connectivity index (χ1n) is 4.19. The number of thiocarbonyl (C=S) groups is 1. The third-order valence-corrected chi connectivity index (χ3v) is 4.12. The number of hydrogen-bond acceptors (Lipinski definition) is 5. The second-order valence-corrected chi connectivity index (χ2v) is 5.22. The van der Waals surface area contributed by atoms with E-state index in [4.69, 9.17) is 0 Å². The van der Waals surface area contributed by atoms with Crippen LogP contribution in [0.1, 0.15) is 0 Å². The highest BCUT2D eigenvalue weighted by Crippen LogP contribution is 2.28. The number of para-hydroxylation sites is 1. The highest BCUT2D eigenvalue weighted by Gasteiger charge is 2.05. The summed E-state index contributed by atoms with van der Waals surface area (Å²) in [6.07, 6.45) is 0. The number of nitrogens with zero attached hydrogens (tertiary/aromatic N) is 1. The van der Waals surface area contributed by atoms with Crippen LogP contribution in [0.25, 0.3) is 10.2 Å². The number of thiazole rings is 1. The minimum Gasteiger partial charge on any atom is -0.292 e. The molecule has 0 bridgehead atoms. The molecule has 0 fully saturated rings. The van der Waals surface area contributed by atoms with Gasteiger partial charge in [-0.15, -0.1) is 11.3 Å². The first-order chi connectivity index (χ1) is 7.29. The van der Waals surface area contributed by atoms with Gasteiger partial charge in [0.2, 0.25) is 0 Å². The molecule has 1 heterocycles. The third-order valence-electron chi connectivity index (χ3n) is 1.71. The minimum atomic E-state index is -0.158. The topological polar surface area (TPSA) is 30.0 Å². The number of carbonyl (C=O) groups excluding carboxylic acids is 1. The van der Waals surface area contributed by atoms with Gasteiger partial charge < -0.3 is 0 Å². The first-order valence-corrected chi connectivity index (χ1v) is 6.40. The Morgan fingerprint density at radius 3 is 3.07 bits per heavy atom. The fourth-order valence-corrected chi connectivity index (χ4v) is 3.10. The van der Waals surface area contributed by atoms with Crippen molar-refractivity contribution < 1.29 is 4.79 Å². The monoisotopic (exact) mass is 252 g/mol. The zero-order chi connectivity index (χ0) is 10.7. The molecule has 0 atom stereocenters. The molecule has 2 aromatic rings. The van der Waals surface area contributed by atoms with Crippen LogP contribution in [0.5, 0.6) is 0 Å². The third kappa shape index (κ3) is 2.62. The highest BCUT2D eigenvalue weighted by molar-refractivity contribution is 8.02. The van der Waals surface area contributed by atoms with Gasteiger partial charge in [0.25, 0.3) is 0 Å². The second kappa shape index (κ2) is 4.83. The molecule has 75 valence electrons. The van der Waals surface area contributed by atoms with Crippen molar-refractivity contribution in [3.63, 3.8) is 0 Å². The lowest BCUT2D eigenvalue weighted by atomic mass is 10.3. The van der Waals surface area contributed by atoms with Crippen LogP contribution in [0, 0.1) is 0 Å². The van der Waals surface area contributed by atoms with Crippen molar-refractivity contribution in [3.05, 3.63) is 24.3 Å². The Balaban J connectivity index is 2.15. The molecule has 0 aliphatic rings. The van der Waals surface area contributed by atoms with Crippen LogP contribution >= 0.6 is 35.3 Å². The number of aromatic nitrogens is 1. The molecule has 1 radical (unpaired) electrons. The van der Waals surface area contributed by atoms with Crippen LogP contribution in [0.4, 0.5) is 0 Å². The van der Waals surface area contributed by atoms with Crippen LogP contribution in [0.2, 0.25) is 0 Å². The molecule has 0 amide bonds. The van der Waals surface area contributed by atoms with Gasteiger partial charge in [0.15, 0.2) is 10.1 Å². The maximum Gasteiger partial charge on any atom is 0.185 e. The lowest BCUT2D eigenvalue weighted by Crippen LogP contribution is -1.99. The molecule has 0 saturated heterocycles. The van der Waals surface area contributed by atoms with Gasteiger partial charge in [0.1, 0.15) is 5.37 Å². The quantitative estimate of drug-likeness (QED) is 0.618. The molecule has 0 saturated carbocycles. The average Bonchev–Trinajstić information content (AvgIpc) is 2.68. The van der Waals surface area contributed by atoms with Crippen LogP contribution in [0.15, 0.2) is 28.6 Å². The normalized spacial score (nSPS) is 10.4. The van der Waals surface area contributed by atoms with Crippen molar-refractivity contribution >= 4 is 56.7 Å². The van der Waals surface area contributed by atoms with Gasteiger partial charge in [0, 0.05) is 0 Å². The Morgan fingerprint density at radius 1 is 1.53 bits per heavy atom. The average molecular weight is 252 g/mol. The van der Waals surface area contributed by atoms with E-state index in [1.807, 2.05) is 24.3 Å². The first kappa shape index (κ1) is 10.7. The molecule has 1 aromatic heterocycles. The Kier molecular flexibility index (Phi) is 3.45. The number of benzene rings is 1. The molecular weight excluding hydrogens is 246 g/mol.